The molecule has 19 heavy (non-hydrogen) atoms. The largest absolute Gasteiger partial charge is 0.485 e. The lowest BCUT2D eigenvalue weighted by Gasteiger charge is -2.07. The third-order valence-corrected chi connectivity index (χ3v) is 2.92. The van der Waals surface area contributed by atoms with Crippen LogP contribution in [0.5, 0.6) is 5.75 Å². The van der Waals surface area contributed by atoms with E-state index in [1.54, 1.807) is 0 Å². The summed E-state index contributed by atoms with van der Waals surface area (Å²) in [5, 5.41) is 3.58. The first-order valence-corrected chi connectivity index (χ1v) is 6.25. The number of benzene rings is 1. The fourth-order valence-corrected chi connectivity index (χ4v) is 1.96. The van der Waals surface area contributed by atoms with Crippen LogP contribution in [0.4, 0.5) is 0 Å². The summed E-state index contributed by atoms with van der Waals surface area (Å²) in [5.74, 6) is 5.68. The van der Waals surface area contributed by atoms with Crippen LogP contribution in [0.25, 0.3) is 0 Å². The van der Waals surface area contributed by atoms with Gasteiger partial charge < -0.3 is 9.26 Å². The number of aryl methyl sites for hydroxylation is 1. The number of nitrogens with zero attached hydrogens (tertiary/aromatic N) is 1. The molecule has 0 atom stereocenters. The number of carbonyl (C=O) groups excluding carboxylic acids is 1. The Hall–Kier alpha value is -1.86. The molecule has 3 N–H and O–H groups in total. The number of hydrogen-bond acceptors (Lipinski definition) is 5. The van der Waals surface area contributed by atoms with Crippen LogP contribution in [0.3, 0.4) is 0 Å². The van der Waals surface area contributed by atoms with Gasteiger partial charge in [0.15, 0.2) is 11.5 Å². The molecule has 1 amide bonds. The fraction of sp³-hybridized carbons (Fsp3) is 0.167. The molecule has 7 heteroatoms. The number of nitrogens with two attached hydrogens (primary N) is 1. The summed E-state index contributed by atoms with van der Waals surface area (Å²) in [4.78, 5) is 11.2. The van der Waals surface area contributed by atoms with Crippen molar-refractivity contribution in [2.45, 2.75) is 13.5 Å². The zero-order valence-corrected chi connectivity index (χ0v) is 11.7. The lowest BCUT2D eigenvalue weighted by atomic mass is 10.2. The van der Waals surface area contributed by atoms with Gasteiger partial charge in [-0.3, -0.25) is 10.2 Å². The number of carbonyl (C=O) groups is 1. The quantitative estimate of drug-likeness (QED) is 0.509. The van der Waals surface area contributed by atoms with Crippen LogP contribution in [-0.2, 0) is 6.61 Å². The third-order valence-electron chi connectivity index (χ3n) is 2.43. The van der Waals surface area contributed by atoms with Gasteiger partial charge in [-0.2, -0.15) is 0 Å². The van der Waals surface area contributed by atoms with E-state index in [0.717, 1.165) is 15.8 Å². The second kappa shape index (κ2) is 5.85. The number of hydrazine groups is 1. The molecule has 1 heterocycles. The van der Waals surface area contributed by atoms with E-state index in [9.17, 15) is 4.79 Å². The van der Waals surface area contributed by atoms with Crippen molar-refractivity contribution < 1.29 is 14.1 Å². The molecule has 2 rings (SSSR count). The molecule has 2 aromatic rings. The lowest BCUT2D eigenvalue weighted by molar-refractivity contribution is 0.0944. The van der Waals surface area contributed by atoms with Crippen molar-refractivity contribution in [1.82, 2.24) is 10.6 Å². The molecule has 0 spiro atoms. The predicted octanol–water partition coefficient (Wildman–Crippen LogP) is 1.93. The first-order chi connectivity index (χ1) is 9.10. The van der Waals surface area contributed by atoms with Crippen molar-refractivity contribution in [3.05, 3.63) is 45.8 Å². The number of aromatic nitrogens is 1. The Balaban J connectivity index is 2.02. The highest BCUT2D eigenvalue weighted by Gasteiger charge is 2.11. The van der Waals surface area contributed by atoms with E-state index < -0.39 is 5.91 Å². The lowest BCUT2D eigenvalue weighted by Crippen LogP contribution is -2.30. The van der Waals surface area contributed by atoms with Crippen molar-refractivity contribution >= 4 is 21.8 Å². The van der Waals surface area contributed by atoms with Gasteiger partial charge in [-0.05, 0) is 30.7 Å². The van der Waals surface area contributed by atoms with Crippen molar-refractivity contribution in [2.24, 2.45) is 5.84 Å². The summed E-state index contributed by atoms with van der Waals surface area (Å²) in [6.07, 6.45) is 0. The Labute approximate surface area is 118 Å². The zero-order chi connectivity index (χ0) is 13.8. The van der Waals surface area contributed by atoms with Crippen LogP contribution in [-0.4, -0.2) is 11.1 Å². The summed E-state index contributed by atoms with van der Waals surface area (Å²) < 4.78 is 11.5. The molecule has 0 saturated carbocycles. The number of hydrogen-bond donors (Lipinski definition) is 2. The molecule has 0 aliphatic heterocycles. The molecular formula is C12H12BrN3O3. The highest BCUT2D eigenvalue weighted by atomic mass is 79.9. The van der Waals surface area contributed by atoms with Gasteiger partial charge >= 0.3 is 0 Å². The molecule has 6 nitrogen and oxygen atoms in total. The van der Waals surface area contributed by atoms with Crippen LogP contribution < -0.4 is 16.0 Å². The first kappa shape index (κ1) is 13.6. The van der Waals surface area contributed by atoms with Crippen LogP contribution >= 0.6 is 15.9 Å². The van der Waals surface area contributed by atoms with E-state index >= 15 is 0 Å². The average Bonchev–Trinajstić information content (AvgIpc) is 2.85. The van der Waals surface area contributed by atoms with E-state index in [4.69, 9.17) is 15.1 Å². The predicted molar refractivity (Wildman–Crippen MR) is 71.4 cm³/mol. The second-order valence-electron chi connectivity index (χ2n) is 3.85. The maximum absolute atomic E-state index is 11.2. The van der Waals surface area contributed by atoms with Crippen molar-refractivity contribution in [3.8, 4) is 5.75 Å². The number of ether oxygens (including phenoxy) is 1. The molecule has 0 aliphatic carbocycles. The zero-order valence-electron chi connectivity index (χ0n) is 10.1. The van der Waals surface area contributed by atoms with Gasteiger partial charge in [0.05, 0.1) is 0 Å². The van der Waals surface area contributed by atoms with Gasteiger partial charge in [0.1, 0.15) is 12.4 Å². The standard InChI is InChI=1S/C12H12BrN3O3/c1-7-4-8(13)2-3-11(7)18-6-9-5-10(16-19-9)12(17)15-14/h2-5H,6,14H2,1H3,(H,15,17). The smallest absolute Gasteiger partial charge is 0.287 e. The SMILES string of the molecule is Cc1cc(Br)ccc1OCc1cc(C(=O)NN)no1. The van der Waals surface area contributed by atoms with E-state index in [2.05, 4.69) is 21.1 Å². The summed E-state index contributed by atoms with van der Waals surface area (Å²) in [5.41, 5.74) is 3.09. The Bertz CT molecular complexity index is 598. The highest BCUT2D eigenvalue weighted by molar-refractivity contribution is 9.10. The topological polar surface area (TPSA) is 90.4 Å². The fourth-order valence-electron chi connectivity index (χ4n) is 1.49. The molecule has 0 unspecified atom stereocenters. The summed E-state index contributed by atoms with van der Waals surface area (Å²) in [6, 6.07) is 7.17. The highest BCUT2D eigenvalue weighted by Crippen LogP contribution is 2.23. The Morgan fingerprint density at radius 3 is 3.00 bits per heavy atom. The number of halogens is 1. The van der Waals surface area contributed by atoms with Crippen LogP contribution in [0.2, 0.25) is 0 Å². The summed E-state index contributed by atoms with van der Waals surface area (Å²) >= 11 is 3.38. The molecule has 1 aromatic heterocycles. The van der Waals surface area contributed by atoms with Gasteiger partial charge in [-0.15, -0.1) is 0 Å². The van der Waals surface area contributed by atoms with E-state index in [0.29, 0.717) is 5.76 Å². The molecule has 1 aromatic carbocycles. The normalized spacial score (nSPS) is 10.3. The van der Waals surface area contributed by atoms with Crippen LogP contribution in [0.15, 0.2) is 33.3 Å². The minimum atomic E-state index is -0.505. The minimum Gasteiger partial charge on any atom is -0.485 e. The number of rotatable bonds is 4. The van der Waals surface area contributed by atoms with Gasteiger partial charge in [-0.1, -0.05) is 21.1 Å². The summed E-state index contributed by atoms with van der Waals surface area (Å²) in [7, 11) is 0. The maximum Gasteiger partial charge on any atom is 0.287 e. The van der Waals surface area contributed by atoms with Crippen molar-refractivity contribution in [1.29, 1.82) is 0 Å². The van der Waals surface area contributed by atoms with E-state index in [1.165, 1.54) is 6.07 Å². The van der Waals surface area contributed by atoms with Crippen LogP contribution in [0.1, 0.15) is 21.8 Å². The van der Waals surface area contributed by atoms with Crippen molar-refractivity contribution in [2.75, 3.05) is 0 Å². The van der Waals surface area contributed by atoms with Gasteiger partial charge in [-0.25, -0.2) is 5.84 Å². The molecule has 0 saturated heterocycles. The molecule has 0 bridgehead atoms. The van der Waals surface area contributed by atoms with Gasteiger partial charge in [0.25, 0.3) is 5.91 Å². The minimum absolute atomic E-state index is 0.119. The number of amides is 1. The van der Waals surface area contributed by atoms with Crippen molar-refractivity contribution in [3.63, 3.8) is 0 Å². The molecular weight excluding hydrogens is 314 g/mol. The Morgan fingerprint density at radius 2 is 2.32 bits per heavy atom. The first-order valence-electron chi connectivity index (χ1n) is 5.45. The summed E-state index contributed by atoms with van der Waals surface area (Å²) in [6.45, 7) is 2.13. The van der Waals surface area contributed by atoms with Gasteiger partial charge in [0.2, 0.25) is 0 Å². The molecule has 100 valence electrons. The Kier molecular flexibility index (Phi) is 4.18. The van der Waals surface area contributed by atoms with E-state index in [-0.39, 0.29) is 12.3 Å². The number of nitrogen functional groups attached to an aromatic ring is 1. The van der Waals surface area contributed by atoms with E-state index in [1.807, 2.05) is 30.5 Å². The monoisotopic (exact) mass is 325 g/mol. The third kappa shape index (κ3) is 3.33. The second-order valence-corrected chi connectivity index (χ2v) is 4.77. The molecule has 0 fully saturated rings. The van der Waals surface area contributed by atoms with Crippen LogP contribution in [0, 0.1) is 6.92 Å². The Morgan fingerprint density at radius 1 is 1.53 bits per heavy atom. The molecule has 0 radical (unpaired) electrons. The average molecular weight is 326 g/mol. The van der Waals surface area contributed by atoms with Gasteiger partial charge in [0, 0.05) is 10.5 Å². The molecule has 0 aliphatic rings. The number of nitrogens with one attached hydrogen (secondary N) is 1. The maximum atomic E-state index is 11.2.